The highest BCUT2D eigenvalue weighted by Gasteiger charge is 2.17. The van der Waals surface area contributed by atoms with Crippen molar-refractivity contribution in [2.24, 2.45) is 0 Å². The molecule has 0 saturated carbocycles. The number of pyridine rings is 1. The first kappa shape index (κ1) is 13.5. The van der Waals surface area contributed by atoms with Gasteiger partial charge in [0, 0.05) is 10.7 Å². The van der Waals surface area contributed by atoms with Crippen LogP contribution in [0, 0.1) is 12.7 Å². The fourth-order valence-electron chi connectivity index (χ4n) is 1.45. The topological polar surface area (TPSA) is 59.4 Å². The molecular formula is C13H9BrFNO3. The highest BCUT2D eigenvalue weighted by Crippen LogP contribution is 2.29. The minimum Gasteiger partial charge on any atom is -0.478 e. The predicted octanol–water partition coefficient (Wildman–Crippen LogP) is 3.78. The minimum atomic E-state index is -1.37. The average Bonchev–Trinajstić information content (AvgIpc) is 2.36. The highest BCUT2D eigenvalue weighted by atomic mass is 79.9. The van der Waals surface area contributed by atoms with E-state index in [0.717, 1.165) is 16.1 Å². The number of aromatic carboxylic acids is 1. The third kappa shape index (κ3) is 2.90. The van der Waals surface area contributed by atoms with E-state index in [9.17, 15) is 9.18 Å². The number of carboxylic acids is 1. The molecule has 6 heteroatoms. The van der Waals surface area contributed by atoms with Gasteiger partial charge < -0.3 is 9.84 Å². The Bertz CT molecular complexity index is 646. The van der Waals surface area contributed by atoms with Crippen molar-refractivity contribution < 1.29 is 19.0 Å². The lowest BCUT2D eigenvalue weighted by Crippen LogP contribution is -2.03. The van der Waals surface area contributed by atoms with E-state index in [2.05, 4.69) is 20.9 Å². The summed E-state index contributed by atoms with van der Waals surface area (Å²) >= 11 is 3.28. The van der Waals surface area contributed by atoms with Gasteiger partial charge in [-0.2, -0.15) is 0 Å². The number of hydrogen-bond acceptors (Lipinski definition) is 3. The van der Waals surface area contributed by atoms with Crippen molar-refractivity contribution >= 4 is 21.9 Å². The molecule has 4 nitrogen and oxygen atoms in total. The molecule has 1 aromatic carbocycles. The summed E-state index contributed by atoms with van der Waals surface area (Å²) in [7, 11) is 0. The van der Waals surface area contributed by atoms with Gasteiger partial charge in [0.2, 0.25) is 0 Å². The molecule has 1 N–H and O–H groups in total. The number of benzene rings is 1. The lowest BCUT2D eigenvalue weighted by molar-refractivity contribution is 0.0690. The molecule has 0 spiro atoms. The summed E-state index contributed by atoms with van der Waals surface area (Å²) in [4.78, 5) is 14.5. The Hall–Kier alpha value is -1.95. The Kier molecular flexibility index (Phi) is 3.80. The van der Waals surface area contributed by atoms with E-state index in [4.69, 9.17) is 9.84 Å². The summed E-state index contributed by atoms with van der Waals surface area (Å²) in [5.41, 5.74) is 0.308. The smallest absolute Gasteiger partial charge is 0.338 e. The SMILES string of the molecule is Cc1ccc(Br)cc1Oc1nccc(C(=O)O)c1F. The number of aryl methyl sites for hydroxylation is 1. The van der Waals surface area contributed by atoms with E-state index in [0.29, 0.717) is 5.75 Å². The number of carbonyl (C=O) groups is 1. The van der Waals surface area contributed by atoms with E-state index in [-0.39, 0.29) is 5.88 Å². The van der Waals surface area contributed by atoms with E-state index in [1.54, 1.807) is 19.1 Å². The predicted molar refractivity (Wildman–Crippen MR) is 70.1 cm³/mol. The third-order valence-electron chi connectivity index (χ3n) is 2.44. The van der Waals surface area contributed by atoms with Crippen LogP contribution < -0.4 is 4.74 Å². The molecule has 0 aliphatic rings. The zero-order chi connectivity index (χ0) is 14.0. The molecule has 19 heavy (non-hydrogen) atoms. The largest absolute Gasteiger partial charge is 0.478 e. The van der Waals surface area contributed by atoms with Gasteiger partial charge in [0.05, 0.1) is 0 Å². The molecule has 0 fully saturated rings. The Labute approximate surface area is 117 Å². The number of rotatable bonds is 3. The van der Waals surface area contributed by atoms with E-state index in [1.807, 2.05) is 6.07 Å². The molecule has 0 atom stereocenters. The van der Waals surface area contributed by atoms with Crippen LogP contribution in [0.2, 0.25) is 0 Å². The molecule has 0 unspecified atom stereocenters. The van der Waals surface area contributed by atoms with Crippen LogP contribution in [-0.2, 0) is 0 Å². The van der Waals surface area contributed by atoms with Gasteiger partial charge in [-0.1, -0.05) is 22.0 Å². The van der Waals surface area contributed by atoms with Crippen molar-refractivity contribution in [3.63, 3.8) is 0 Å². The third-order valence-corrected chi connectivity index (χ3v) is 2.94. The Balaban J connectivity index is 2.41. The van der Waals surface area contributed by atoms with Crippen LogP contribution in [0.15, 0.2) is 34.9 Å². The van der Waals surface area contributed by atoms with Gasteiger partial charge in [0.15, 0.2) is 5.82 Å². The second kappa shape index (κ2) is 5.36. The fourth-order valence-corrected chi connectivity index (χ4v) is 1.79. The first-order valence-corrected chi connectivity index (χ1v) is 6.10. The van der Waals surface area contributed by atoms with Gasteiger partial charge in [-0.25, -0.2) is 14.2 Å². The summed E-state index contributed by atoms with van der Waals surface area (Å²) in [6.45, 7) is 1.79. The van der Waals surface area contributed by atoms with E-state index in [1.165, 1.54) is 6.20 Å². The molecule has 0 aliphatic carbocycles. The standard InChI is InChI=1S/C13H9BrFNO3/c1-7-2-3-8(14)6-10(7)19-12-11(15)9(13(17)18)4-5-16-12/h2-6H,1H3,(H,17,18). The first-order chi connectivity index (χ1) is 8.99. The van der Waals surface area contributed by atoms with Crippen LogP contribution >= 0.6 is 15.9 Å². The maximum absolute atomic E-state index is 13.9. The molecule has 2 rings (SSSR count). The Morgan fingerprint density at radius 3 is 2.84 bits per heavy atom. The molecule has 1 aromatic heterocycles. The molecule has 0 aliphatic heterocycles. The summed E-state index contributed by atoms with van der Waals surface area (Å²) < 4.78 is 20.0. The van der Waals surface area contributed by atoms with Gasteiger partial charge >= 0.3 is 5.97 Å². The van der Waals surface area contributed by atoms with Crippen LogP contribution in [0.25, 0.3) is 0 Å². The number of halogens is 2. The second-order valence-electron chi connectivity index (χ2n) is 3.79. The van der Waals surface area contributed by atoms with Crippen LogP contribution in [-0.4, -0.2) is 16.1 Å². The molecule has 98 valence electrons. The van der Waals surface area contributed by atoms with Crippen LogP contribution in [0.4, 0.5) is 4.39 Å². The zero-order valence-electron chi connectivity index (χ0n) is 9.85. The number of aromatic nitrogens is 1. The summed E-state index contributed by atoms with van der Waals surface area (Å²) in [6.07, 6.45) is 1.19. The lowest BCUT2D eigenvalue weighted by atomic mass is 10.2. The van der Waals surface area contributed by atoms with Crippen LogP contribution in [0.3, 0.4) is 0 Å². The number of hydrogen-bond donors (Lipinski definition) is 1. The van der Waals surface area contributed by atoms with Crippen molar-refractivity contribution in [2.75, 3.05) is 0 Å². The van der Waals surface area contributed by atoms with Crippen LogP contribution in [0.5, 0.6) is 11.6 Å². The molecule has 0 amide bonds. The first-order valence-electron chi connectivity index (χ1n) is 5.31. The van der Waals surface area contributed by atoms with Gasteiger partial charge in [-0.05, 0) is 30.7 Å². The van der Waals surface area contributed by atoms with Gasteiger partial charge in [-0.3, -0.25) is 0 Å². The summed E-state index contributed by atoms with van der Waals surface area (Å²) in [5.74, 6) is -2.31. The fraction of sp³-hybridized carbons (Fsp3) is 0.0769. The van der Waals surface area contributed by atoms with Crippen molar-refractivity contribution in [1.29, 1.82) is 0 Å². The van der Waals surface area contributed by atoms with E-state index < -0.39 is 17.3 Å². The maximum Gasteiger partial charge on any atom is 0.338 e. The van der Waals surface area contributed by atoms with E-state index >= 15 is 0 Å². The lowest BCUT2D eigenvalue weighted by Gasteiger charge is -2.09. The maximum atomic E-state index is 13.9. The Morgan fingerprint density at radius 1 is 1.42 bits per heavy atom. The minimum absolute atomic E-state index is 0.360. The highest BCUT2D eigenvalue weighted by molar-refractivity contribution is 9.10. The zero-order valence-corrected chi connectivity index (χ0v) is 11.4. The molecular weight excluding hydrogens is 317 g/mol. The molecule has 0 radical (unpaired) electrons. The summed E-state index contributed by atoms with van der Waals surface area (Å²) in [6, 6.07) is 6.35. The average molecular weight is 326 g/mol. The number of ether oxygens (including phenoxy) is 1. The molecule has 1 heterocycles. The monoisotopic (exact) mass is 325 g/mol. The van der Waals surface area contributed by atoms with Crippen LogP contribution in [0.1, 0.15) is 15.9 Å². The van der Waals surface area contributed by atoms with Crippen molar-refractivity contribution in [3.8, 4) is 11.6 Å². The Morgan fingerprint density at radius 2 is 2.16 bits per heavy atom. The summed E-state index contributed by atoms with van der Waals surface area (Å²) in [5, 5.41) is 8.82. The molecule has 0 bridgehead atoms. The normalized spacial score (nSPS) is 10.3. The van der Waals surface area contributed by atoms with Gasteiger partial charge in [0.25, 0.3) is 5.88 Å². The van der Waals surface area contributed by atoms with Crippen molar-refractivity contribution in [2.45, 2.75) is 6.92 Å². The second-order valence-corrected chi connectivity index (χ2v) is 4.71. The number of carboxylic acid groups (broad SMARTS) is 1. The molecule has 2 aromatic rings. The molecule has 0 saturated heterocycles. The van der Waals surface area contributed by atoms with Gasteiger partial charge in [-0.15, -0.1) is 0 Å². The van der Waals surface area contributed by atoms with Gasteiger partial charge in [0.1, 0.15) is 11.3 Å². The quantitative estimate of drug-likeness (QED) is 0.932. The van der Waals surface area contributed by atoms with Crippen molar-refractivity contribution in [3.05, 3.63) is 51.9 Å². The van der Waals surface area contributed by atoms with Crippen molar-refractivity contribution in [1.82, 2.24) is 4.98 Å². The number of nitrogens with zero attached hydrogens (tertiary/aromatic N) is 1.